The van der Waals surface area contributed by atoms with Crippen LogP contribution in [0.4, 0.5) is 32.5 Å². The molecule has 0 saturated carbocycles. The Balaban J connectivity index is 0.000000177. The molecular weight excluding hydrogens is 1020 g/mol. The molecule has 2 atom stereocenters. The number of hydrogen-bond acceptors (Lipinski definition) is 10. The van der Waals surface area contributed by atoms with Gasteiger partial charge in [-0.05, 0) is 93.1 Å². The van der Waals surface area contributed by atoms with Crippen molar-refractivity contribution in [3.63, 3.8) is 0 Å². The third kappa shape index (κ3) is 9.50. The van der Waals surface area contributed by atoms with Crippen LogP contribution in [0.15, 0.2) is 158 Å². The molecule has 9 aromatic rings. The van der Waals surface area contributed by atoms with Crippen LogP contribution in [0.1, 0.15) is 76.1 Å². The number of imidazole rings is 2. The number of aromatic amines is 2. The number of aromatic nitrogens is 4. The Morgan fingerprint density at radius 3 is 1.74 bits per heavy atom. The summed E-state index contributed by atoms with van der Waals surface area (Å²) in [4.78, 5) is 81.7. The average Bonchev–Trinajstić information content (AvgIpc) is 4.27. The van der Waals surface area contributed by atoms with Gasteiger partial charge in [0.2, 0.25) is 23.7 Å². The van der Waals surface area contributed by atoms with Crippen molar-refractivity contribution in [1.82, 2.24) is 24.8 Å². The van der Waals surface area contributed by atoms with Crippen molar-refractivity contribution < 1.29 is 48.4 Å². The van der Waals surface area contributed by atoms with E-state index >= 15 is 4.39 Å². The van der Waals surface area contributed by atoms with Crippen LogP contribution in [0, 0.1) is 5.82 Å². The Morgan fingerprint density at radius 2 is 1.17 bits per heavy atom. The molecular formula is C58H49ClFN9O9. The van der Waals surface area contributed by atoms with E-state index in [4.69, 9.17) is 21.4 Å². The van der Waals surface area contributed by atoms with Crippen LogP contribution in [0.25, 0.3) is 22.1 Å². The SMILES string of the molecule is CCN(CC)C(=O)CCCC(=O)Nc1nc2cc(C3(O)c4ccccc4C(=O)N3c3cccc(Cl)c3F)ccc2[nH]1.O=C(O)Nc1nc2cc(C3(O)c4ccccc4C(=O)N3c3ccccc3Oc3ccccc3)ccc2[nH]1. The number of H-pyrrole nitrogens is 2. The van der Waals surface area contributed by atoms with Crippen molar-refractivity contribution in [3.8, 4) is 11.5 Å². The molecule has 0 radical (unpaired) electrons. The highest BCUT2D eigenvalue weighted by Crippen LogP contribution is 2.49. The minimum atomic E-state index is -2.06. The number of carbonyl (C=O) groups is 5. The first-order chi connectivity index (χ1) is 37.6. The predicted molar refractivity (Wildman–Crippen MR) is 291 cm³/mol. The number of hydrogen-bond donors (Lipinski definition) is 7. The largest absolute Gasteiger partial charge is 0.465 e. The van der Waals surface area contributed by atoms with E-state index in [1.54, 1.807) is 126 Å². The number of nitrogens with one attached hydrogen (secondary N) is 4. The van der Waals surface area contributed by atoms with Crippen LogP contribution in [0.2, 0.25) is 5.02 Å². The van der Waals surface area contributed by atoms with Gasteiger partial charge in [-0.3, -0.25) is 39.6 Å². The van der Waals surface area contributed by atoms with Crippen molar-refractivity contribution in [2.75, 3.05) is 33.5 Å². The minimum absolute atomic E-state index is 0.00988. The van der Waals surface area contributed by atoms with Gasteiger partial charge in [0.1, 0.15) is 5.75 Å². The zero-order valence-electron chi connectivity index (χ0n) is 41.8. The first kappa shape index (κ1) is 52.0. The molecule has 0 spiro atoms. The molecule has 11 rings (SSSR count). The van der Waals surface area contributed by atoms with Gasteiger partial charge < -0.3 is 34.9 Å². The Morgan fingerprint density at radius 1 is 0.654 bits per heavy atom. The Labute approximate surface area is 449 Å². The molecule has 5 amide bonds. The fraction of sp³-hybridized carbons (Fsp3) is 0.155. The number of para-hydroxylation sites is 3. The van der Waals surface area contributed by atoms with E-state index in [2.05, 4.69) is 30.6 Å². The summed E-state index contributed by atoms with van der Waals surface area (Å²) in [5, 5.41) is 38.3. The standard InChI is InChI=1S/C30H29ClFN5O4.C28H20N4O5/c1-3-36(4-2)26(39)14-8-13-25(38)35-29-33-22-16-15-18(17-23(22)34-29)30(41)20-10-6-5-9-19(20)28(40)37(30)24-12-7-11-21(31)27(24)32;33-25-19-10-4-5-11-20(19)28(36,17-14-15-21-22(16-17)30-26(29-21)31-27(34)35)32(25)23-12-6-7-13-24(23)37-18-8-2-1-3-9-18/h5-7,9-12,15-17,41H,3-4,8,13-14H2,1-2H3,(H2,33,34,35,38);1-16,36H,(H,34,35)(H2,29,30,31). The van der Waals surface area contributed by atoms with E-state index in [0.717, 1.165) is 4.90 Å². The molecule has 7 aromatic carbocycles. The van der Waals surface area contributed by atoms with Gasteiger partial charge in [-0.2, -0.15) is 0 Å². The first-order valence-corrected chi connectivity index (χ1v) is 25.2. The van der Waals surface area contributed by atoms with Crippen LogP contribution in [0.5, 0.6) is 11.5 Å². The summed E-state index contributed by atoms with van der Waals surface area (Å²) >= 11 is 6.02. The lowest BCUT2D eigenvalue weighted by atomic mass is 9.93. The van der Waals surface area contributed by atoms with Crippen molar-refractivity contribution in [3.05, 3.63) is 202 Å². The maximum atomic E-state index is 15.2. The quantitative estimate of drug-likeness (QED) is 0.0540. The van der Waals surface area contributed by atoms with Crippen LogP contribution in [-0.4, -0.2) is 83.0 Å². The maximum Gasteiger partial charge on any atom is 0.411 e. The topological polar surface area (TPSA) is 246 Å². The molecule has 0 saturated heterocycles. The van der Waals surface area contributed by atoms with Crippen molar-refractivity contribution in [2.24, 2.45) is 0 Å². The molecule has 0 bridgehead atoms. The van der Waals surface area contributed by atoms with E-state index in [-0.39, 0.29) is 64.0 Å². The number of rotatable bonds is 14. The molecule has 2 aliphatic heterocycles. The number of anilines is 4. The summed E-state index contributed by atoms with van der Waals surface area (Å²) in [7, 11) is 0. The Kier molecular flexibility index (Phi) is 14.2. The first-order valence-electron chi connectivity index (χ1n) is 24.8. The second-order valence-corrected chi connectivity index (χ2v) is 18.6. The third-order valence-corrected chi connectivity index (χ3v) is 13.8. The molecule has 0 fully saturated rings. The van der Waals surface area contributed by atoms with E-state index in [1.165, 1.54) is 23.1 Å². The Hall–Kier alpha value is -9.43. The summed E-state index contributed by atoms with van der Waals surface area (Å²) in [6, 6.07) is 43.7. The minimum Gasteiger partial charge on any atom is -0.465 e. The highest BCUT2D eigenvalue weighted by atomic mass is 35.5. The lowest BCUT2D eigenvalue weighted by Crippen LogP contribution is -2.45. The third-order valence-electron chi connectivity index (χ3n) is 13.5. The van der Waals surface area contributed by atoms with Crippen LogP contribution in [0.3, 0.4) is 0 Å². The summed E-state index contributed by atoms with van der Waals surface area (Å²) in [5.74, 6) is -0.877. The smallest absolute Gasteiger partial charge is 0.411 e. The van der Waals surface area contributed by atoms with Gasteiger partial charge in [0, 0.05) is 59.3 Å². The van der Waals surface area contributed by atoms with Gasteiger partial charge in [0.05, 0.1) is 38.5 Å². The molecule has 18 nitrogen and oxygen atoms in total. The van der Waals surface area contributed by atoms with Crippen LogP contribution < -0.4 is 25.2 Å². The molecule has 2 aromatic heterocycles. The highest BCUT2D eigenvalue weighted by molar-refractivity contribution is 6.31. The second kappa shape index (κ2) is 21.3. The number of fused-ring (bicyclic) bond motifs is 4. The molecule has 394 valence electrons. The maximum absolute atomic E-state index is 15.2. The fourth-order valence-corrected chi connectivity index (χ4v) is 10.0. The zero-order chi connectivity index (χ0) is 54.9. The van der Waals surface area contributed by atoms with E-state index in [0.29, 0.717) is 75.5 Å². The monoisotopic (exact) mass is 1070 g/mol. The molecule has 0 aliphatic carbocycles. The number of amides is 5. The number of carbonyl (C=O) groups excluding carboxylic acids is 4. The number of aliphatic hydroxyl groups is 2. The summed E-state index contributed by atoms with van der Waals surface area (Å²) in [6.07, 6.45) is -0.425. The normalized spacial score (nSPS) is 16.4. The zero-order valence-corrected chi connectivity index (χ0v) is 42.6. The van der Waals surface area contributed by atoms with Gasteiger partial charge >= 0.3 is 6.09 Å². The van der Waals surface area contributed by atoms with E-state index < -0.39 is 35.2 Å². The molecule has 2 aliphatic rings. The number of halogens is 2. The summed E-state index contributed by atoms with van der Waals surface area (Å²) < 4.78 is 21.3. The fourth-order valence-electron chi connectivity index (χ4n) is 9.86. The van der Waals surface area contributed by atoms with Gasteiger partial charge in [0.25, 0.3) is 11.8 Å². The molecule has 4 heterocycles. The van der Waals surface area contributed by atoms with Crippen molar-refractivity contribution >= 4 is 86.7 Å². The van der Waals surface area contributed by atoms with Gasteiger partial charge in [0.15, 0.2) is 23.0 Å². The predicted octanol–water partition coefficient (Wildman–Crippen LogP) is 10.5. The van der Waals surface area contributed by atoms with Crippen molar-refractivity contribution in [1.29, 1.82) is 0 Å². The Bertz CT molecular complexity index is 3810. The average molecular weight is 1070 g/mol. The number of carboxylic acid groups (broad SMARTS) is 1. The van der Waals surface area contributed by atoms with E-state index in [9.17, 15) is 34.2 Å². The number of ether oxygens (including phenoxy) is 1. The summed E-state index contributed by atoms with van der Waals surface area (Å²) in [6.45, 7) is 5.08. The summed E-state index contributed by atoms with van der Waals surface area (Å²) in [5.41, 5.74) is 0.135. The van der Waals surface area contributed by atoms with Crippen molar-refractivity contribution in [2.45, 2.75) is 44.6 Å². The second-order valence-electron chi connectivity index (χ2n) is 18.2. The van der Waals surface area contributed by atoms with Crippen LogP contribution >= 0.6 is 11.6 Å². The lowest BCUT2D eigenvalue weighted by molar-refractivity contribution is -0.131. The number of benzene rings is 7. The lowest BCUT2D eigenvalue weighted by Gasteiger charge is -2.35. The van der Waals surface area contributed by atoms with E-state index in [1.807, 2.05) is 32.0 Å². The van der Waals surface area contributed by atoms with Crippen LogP contribution in [-0.2, 0) is 21.0 Å². The molecule has 20 heteroatoms. The van der Waals surface area contributed by atoms with Gasteiger partial charge in [-0.1, -0.05) is 96.5 Å². The highest BCUT2D eigenvalue weighted by Gasteiger charge is 2.53. The van der Waals surface area contributed by atoms with Gasteiger partial charge in [-0.25, -0.2) is 19.2 Å². The molecule has 2 unspecified atom stereocenters. The number of nitrogens with zero attached hydrogens (tertiary/aromatic N) is 5. The molecule has 78 heavy (non-hydrogen) atoms. The molecule has 7 N–H and O–H groups in total. The van der Waals surface area contributed by atoms with Gasteiger partial charge in [-0.15, -0.1) is 0 Å².